The van der Waals surface area contributed by atoms with Gasteiger partial charge in [0.25, 0.3) is 0 Å². The molecule has 0 radical (unpaired) electrons. The Hall–Kier alpha value is -2.73. The summed E-state index contributed by atoms with van der Waals surface area (Å²) in [7, 11) is 0. The second-order valence-electron chi connectivity index (χ2n) is 6.20. The second kappa shape index (κ2) is 14.3. The predicted molar refractivity (Wildman–Crippen MR) is 107 cm³/mol. The highest BCUT2D eigenvalue weighted by Gasteiger charge is 2.22. The van der Waals surface area contributed by atoms with Gasteiger partial charge in [-0.2, -0.15) is 0 Å². The van der Waals surface area contributed by atoms with Gasteiger partial charge in [0, 0.05) is 25.5 Å². The van der Waals surface area contributed by atoms with Crippen LogP contribution in [0.4, 0.5) is 0 Å². The van der Waals surface area contributed by atoms with Crippen molar-refractivity contribution >= 4 is 18.1 Å². The molecule has 0 aliphatic rings. The number of ether oxygens (including phenoxy) is 2. The Balaban J connectivity index is 2.75. The van der Waals surface area contributed by atoms with Crippen LogP contribution >= 0.6 is 0 Å². The van der Waals surface area contributed by atoms with Crippen LogP contribution in [0.25, 0.3) is 0 Å². The maximum atomic E-state index is 12.1. The van der Waals surface area contributed by atoms with Crippen LogP contribution in [0.5, 0.6) is 0 Å². The first-order valence-electron chi connectivity index (χ1n) is 9.33. The van der Waals surface area contributed by atoms with Crippen LogP contribution in [0.15, 0.2) is 24.3 Å². The summed E-state index contributed by atoms with van der Waals surface area (Å²) in [6.45, 7) is 2.78. The smallest absolute Gasteiger partial charge is 0.220 e. The van der Waals surface area contributed by atoms with Crippen molar-refractivity contribution in [2.75, 3.05) is 33.0 Å². The fraction of sp³-hybridized carbons (Fsp3) is 0.476. The molecule has 1 atom stereocenters. The summed E-state index contributed by atoms with van der Waals surface area (Å²) in [4.78, 5) is 36.0. The normalized spacial score (nSPS) is 11.2. The largest absolute Gasteiger partial charge is 0.394 e. The zero-order chi connectivity index (χ0) is 21.5. The average Bonchev–Trinajstić information content (AvgIpc) is 2.70. The van der Waals surface area contributed by atoms with E-state index in [-0.39, 0.29) is 45.1 Å². The SMILES string of the molecule is CC(=O)N(Cc1ccccc1C#CCOCCOCCO)C(C=O)CCC(N)=O. The first kappa shape index (κ1) is 24.3. The minimum atomic E-state index is -0.733. The van der Waals surface area contributed by atoms with Gasteiger partial charge < -0.3 is 30.0 Å². The molecular formula is C21H28N2O6. The molecule has 2 amide bonds. The highest BCUT2D eigenvalue weighted by atomic mass is 16.5. The third-order valence-corrected chi connectivity index (χ3v) is 4.01. The van der Waals surface area contributed by atoms with E-state index >= 15 is 0 Å². The molecule has 0 heterocycles. The summed E-state index contributed by atoms with van der Waals surface area (Å²) in [5.41, 5.74) is 6.66. The molecule has 8 nitrogen and oxygen atoms in total. The molecule has 0 saturated heterocycles. The van der Waals surface area contributed by atoms with E-state index in [4.69, 9.17) is 20.3 Å². The van der Waals surface area contributed by atoms with E-state index in [9.17, 15) is 14.4 Å². The summed E-state index contributed by atoms with van der Waals surface area (Å²) in [6.07, 6.45) is 0.859. The number of hydrogen-bond acceptors (Lipinski definition) is 6. The molecule has 158 valence electrons. The number of carbonyl (C=O) groups is 3. The Morgan fingerprint density at radius 1 is 1.24 bits per heavy atom. The van der Waals surface area contributed by atoms with Crippen LogP contribution in [0, 0.1) is 11.8 Å². The summed E-state index contributed by atoms with van der Waals surface area (Å²) in [5, 5.41) is 8.61. The summed E-state index contributed by atoms with van der Waals surface area (Å²) in [5.74, 6) is 5.12. The Labute approximate surface area is 171 Å². The van der Waals surface area contributed by atoms with Crippen LogP contribution in [0.1, 0.15) is 30.9 Å². The van der Waals surface area contributed by atoms with Crippen LogP contribution in [0.3, 0.4) is 0 Å². The van der Waals surface area contributed by atoms with Crippen LogP contribution in [-0.2, 0) is 30.4 Å². The number of aliphatic hydroxyl groups is 1. The molecule has 0 bridgehead atoms. The van der Waals surface area contributed by atoms with E-state index in [2.05, 4.69) is 11.8 Å². The van der Waals surface area contributed by atoms with Crippen LogP contribution in [-0.4, -0.2) is 67.2 Å². The molecule has 1 rings (SSSR count). The lowest BCUT2D eigenvalue weighted by Crippen LogP contribution is -2.40. The molecule has 29 heavy (non-hydrogen) atoms. The molecule has 1 aromatic rings. The minimum absolute atomic E-state index is 0.0218. The number of primary amides is 1. The van der Waals surface area contributed by atoms with E-state index < -0.39 is 11.9 Å². The maximum Gasteiger partial charge on any atom is 0.220 e. The first-order chi connectivity index (χ1) is 14.0. The summed E-state index contributed by atoms with van der Waals surface area (Å²) < 4.78 is 10.4. The van der Waals surface area contributed by atoms with E-state index in [0.29, 0.717) is 19.5 Å². The molecule has 1 unspecified atom stereocenters. The van der Waals surface area contributed by atoms with Crippen molar-refractivity contribution < 1.29 is 29.0 Å². The molecular weight excluding hydrogens is 376 g/mol. The summed E-state index contributed by atoms with van der Waals surface area (Å²) >= 11 is 0. The van der Waals surface area contributed by atoms with Gasteiger partial charge in [0.2, 0.25) is 11.8 Å². The third-order valence-electron chi connectivity index (χ3n) is 4.01. The Bertz CT molecular complexity index is 725. The van der Waals surface area contributed by atoms with Crippen molar-refractivity contribution in [3.8, 4) is 11.8 Å². The quantitative estimate of drug-likeness (QED) is 0.276. The number of nitrogens with two attached hydrogens (primary N) is 1. The van der Waals surface area contributed by atoms with Crippen molar-refractivity contribution in [1.82, 2.24) is 4.90 Å². The van der Waals surface area contributed by atoms with Crippen molar-refractivity contribution in [2.45, 2.75) is 32.4 Å². The molecule has 8 heteroatoms. The minimum Gasteiger partial charge on any atom is -0.394 e. The molecule has 0 spiro atoms. The lowest BCUT2D eigenvalue weighted by Gasteiger charge is -2.27. The van der Waals surface area contributed by atoms with E-state index in [0.717, 1.165) is 11.1 Å². The highest BCUT2D eigenvalue weighted by Crippen LogP contribution is 2.15. The monoisotopic (exact) mass is 404 g/mol. The van der Waals surface area contributed by atoms with Gasteiger partial charge in [-0.05, 0) is 18.1 Å². The topological polar surface area (TPSA) is 119 Å². The van der Waals surface area contributed by atoms with E-state index in [1.165, 1.54) is 11.8 Å². The molecule has 0 aliphatic carbocycles. The molecule has 1 aromatic carbocycles. The molecule has 0 saturated carbocycles. The maximum absolute atomic E-state index is 12.1. The second-order valence-corrected chi connectivity index (χ2v) is 6.20. The first-order valence-corrected chi connectivity index (χ1v) is 9.33. The van der Waals surface area contributed by atoms with Crippen molar-refractivity contribution in [1.29, 1.82) is 0 Å². The molecule has 3 N–H and O–H groups in total. The Morgan fingerprint density at radius 2 is 1.97 bits per heavy atom. The zero-order valence-electron chi connectivity index (χ0n) is 16.6. The highest BCUT2D eigenvalue weighted by molar-refractivity contribution is 5.79. The number of hydrogen-bond donors (Lipinski definition) is 2. The van der Waals surface area contributed by atoms with Crippen molar-refractivity contribution in [2.24, 2.45) is 5.73 Å². The van der Waals surface area contributed by atoms with Crippen molar-refractivity contribution in [3.63, 3.8) is 0 Å². The number of amides is 2. The molecule has 0 aromatic heterocycles. The van der Waals surface area contributed by atoms with Crippen LogP contribution in [0.2, 0.25) is 0 Å². The number of rotatable bonds is 13. The van der Waals surface area contributed by atoms with E-state index in [1.54, 1.807) is 0 Å². The number of aliphatic hydroxyl groups excluding tert-OH is 1. The fourth-order valence-corrected chi connectivity index (χ4v) is 2.55. The zero-order valence-corrected chi connectivity index (χ0v) is 16.6. The van der Waals surface area contributed by atoms with Gasteiger partial charge in [0.15, 0.2) is 0 Å². The third kappa shape index (κ3) is 9.85. The van der Waals surface area contributed by atoms with Gasteiger partial charge >= 0.3 is 0 Å². The lowest BCUT2D eigenvalue weighted by molar-refractivity contribution is -0.135. The fourth-order valence-electron chi connectivity index (χ4n) is 2.55. The van der Waals surface area contributed by atoms with Gasteiger partial charge in [-0.1, -0.05) is 30.0 Å². The van der Waals surface area contributed by atoms with Crippen molar-refractivity contribution in [3.05, 3.63) is 35.4 Å². The summed E-state index contributed by atoms with van der Waals surface area (Å²) in [6, 6.07) is 6.58. The molecule has 0 aliphatic heterocycles. The number of benzene rings is 1. The number of aldehydes is 1. The lowest BCUT2D eigenvalue weighted by atomic mass is 10.0. The standard InChI is InChI=1S/C21H28N2O6/c1-17(26)23(20(16-25)8-9-21(22)27)15-19-6-3-2-5-18(19)7-4-11-28-13-14-29-12-10-24/h2-3,5-6,16,20,24H,8-15H2,1H3,(H2,22,27). The van der Waals surface area contributed by atoms with E-state index in [1.807, 2.05) is 24.3 Å². The van der Waals surface area contributed by atoms with Gasteiger partial charge in [-0.25, -0.2) is 0 Å². The number of carbonyl (C=O) groups excluding carboxylic acids is 3. The average molecular weight is 404 g/mol. The number of nitrogens with zero attached hydrogens (tertiary/aromatic N) is 1. The Morgan fingerprint density at radius 3 is 2.62 bits per heavy atom. The van der Waals surface area contributed by atoms with Gasteiger partial charge in [-0.15, -0.1) is 0 Å². The van der Waals surface area contributed by atoms with Crippen LogP contribution < -0.4 is 5.73 Å². The molecule has 0 fully saturated rings. The van der Waals surface area contributed by atoms with Gasteiger partial charge in [0.1, 0.15) is 12.9 Å². The van der Waals surface area contributed by atoms with Gasteiger partial charge in [0.05, 0.1) is 32.5 Å². The predicted octanol–water partition coefficient (Wildman–Crippen LogP) is 0.245. The Kier molecular flexibility index (Phi) is 12.0. The van der Waals surface area contributed by atoms with Gasteiger partial charge in [-0.3, -0.25) is 9.59 Å².